The van der Waals surface area contributed by atoms with Crippen molar-refractivity contribution in [1.82, 2.24) is 5.32 Å². The molecule has 110 valence electrons. The second-order valence-electron chi connectivity index (χ2n) is 5.56. The number of carboxylic acid groups (broad SMARTS) is 1. The number of rotatable bonds is 8. The van der Waals surface area contributed by atoms with E-state index >= 15 is 0 Å². The minimum atomic E-state index is -0.845. The van der Waals surface area contributed by atoms with Crippen molar-refractivity contribution in [1.29, 1.82) is 0 Å². The minimum Gasteiger partial charge on any atom is -0.481 e. The molecule has 1 amide bonds. The molecule has 3 N–H and O–H groups in total. The van der Waals surface area contributed by atoms with Gasteiger partial charge in [-0.2, -0.15) is 0 Å². The first-order valence-corrected chi connectivity index (χ1v) is 7.15. The average Bonchev–Trinajstić information content (AvgIpc) is 2.84. The molecule has 0 aromatic rings. The van der Waals surface area contributed by atoms with E-state index in [2.05, 4.69) is 5.32 Å². The number of carboxylic acids is 1. The first kappa shape index (κ1) is 16.0. The van der Waals surface area contributed by atoms with Gasteiger partial charge in [-0.3, -0.25) is 9.59 Å². The van der Waals surface area contributed by atoms with Crippen molar-refractivity contribution in [2.75, 3.05) is 13.2 Å². The van der Waals surface area contributed by atoms with Crippen LogP contribution in [-0.4, -0.2) is 35.2 Å². The Bertz CT molecular complexity index is 311. The molecule has 0 aliphatic heterocycles. The smallest absolute Gasteiger partial charge is 0.310 e. The molecule has 0 radical (unpaired) electrons. The second kappa shape index (κ2) is 7.48. The van der Waals surface area contributed by atoms with Gasteiger partial charge < -0.3 is 15.5 Å². The second-order valence-corrected chi connectivity index (χ2v) is 5.56. The van der Waals surface area contributed by atoms with E-state index in [4.69, 9.17) is 5.11 Å². The zero-order valence-electron chi connectivity index (χ0n) is 11.7. The van der Waals surface area contributed by atoms with E-state index in [1.54, 1.807) is 0 Å². The van der Waals surface area contributed by atoms with Crippen LogP contribution in [0.1, 0.15) is 51.9 Å². The molecule has 1 atom stereocenters. The van der Waals surface area contributed by atoms with E-state index in [1.165, 1.54) is 0 Å². The van der Waals surface area contributed by atoms with E-state index in [1.807, 2.05) is 6.92 Å². The highest BCUT2D eigenvalue weighted by atomic mass is 16.4. The molecule has 0 spiro atoms. The van der Waals surface area contributed by atoms with Gasteiger partial charge in [-0.05, 0) is 25.2 Å². The summed E-state index contributed by atoms with van der Waals surface area (Å²) in [5, 5.41) is 21.0. The monoisotopic (exact) mass is 271 g/mol. The SMILES string of the molecule is CCC(CCO)CNC(=O)CC1(C(=O)O)CCCC1. The molecule has 19 heavy (non-hydrogen) atoms. The lowest BCUT2D eigenvalue weighted by Gasteiger charge is -2.23. The maximum absolute atomic E-state index is 11.9. The third-order valence-electron chi connectivity index (χ3n) is 4.22. The normalized spacial score (nSPS) is 19.1. The van der Waals surface area contributed by atoms with Crippen molar-refractivity contribution < 1.29 is 19.8 Å². The van der Waals surface area contributed by atoms with Gasteiger partial charge >= 0.3 is 5.97 Å². The number of hydrogen-bond acceptors (Lipinski definition) is 3. The number of hydrogen-bond donors (Lipinski definition) is 3. The summed E-state index contributed by atoms with van der Waals surface area (Å²) < 4.78 is 0. The van der Waals surface area contributed by atoms with E-state index < -0.39 is 11.4 Å². The highest BCUT2D eigenvalue weighted by Crippen LogP contribution is 2.41. The molecule has 0 saturated heterocycles. The Labute approximate surface area is 114 Å². The molecule has 0 bridgehead atoms. The number of aliphatic carboxylic acids is 1. The van der Waals surface area contributed by atoms with Crippen molar-refractivity contribution in [3.05, 3.63) is 0 Å². The summed E-state index contributed by atoms with van der Waals surface area (Å²) in [6.45, 7) is 2.65. The van der Waals surface area contributed by atoms with Crippen LogP contribution in [0, 0.1) is 11.3 Å². The van der Waals surface area contributed by atoms with E-state index in [-0.39, 0.29) is 24.9 Å². The highest BCUT2D eigenvalue weighted by molar-refractivity contribution is 5.85. The number of aliphatic hydroxyl groups excluding tert-OH is 1. The van der Waals surface area contributed by atoms with Crippen molar-refractivity contribution in [2.24, 2.45) is 11.3 Å². The summed E-state index contributed by atoms with van der Waals surface area (Å²) >= 11 is 0. The summed E-state index contributed by atoms with van der Waals surface area (Å²) in [4.78, 5) is 23.2. The number of amides is 1. The first-order chi connectivity index (χ1) is 9.04. The van der Waals surface area contributed by atoms with Crippen LogP contribution in [-0.2, 0) is 9.59 Å². The predicted octanol–water partition coefficient (Wildman–Crippen LogP) is 1.55. The Morgan fingerprint density at radius 1 is 1.32 bits per heavy atom. The van der Waals surface area contributed by atoms with Crippen molar-refractivity contribution in [3.63, 3.8) is 0 Å². The van der Waals surface area contributed by atoms with Crippen molar-refractivity contribution in [2.45, 2.75) is 51.9 Å². The van der Waals surface area contributed by atoms with Gasteiger partial charge in [-0.1, -0.05) is 26.2 Å². The van der Waals surface area contributed by atoms with Gasteiger partial charge in [-0.15, -0.1) is 0 Å². The van der Waals surface area contributed by atoms with Crippen LogP contribution in [0.15, 0.2) is 0 Å². The molecule has 1 aliphatic carbocycles. The van der Waals surface area contributed by atoms with Crippen LogP contribution in [0.4, 0.5) is 0 Å². The molecular formula is C14H25NO4. The fourth-order valence-corrected chi connectivity index (χ4v) is 2.78. The molecule has 1 fully saturated rings. The van der Waals surface area contributed by atoms with E-state index in [0.717, 1.165) is 19.3 Å². The standard InChI is InChI=1S/C14H25NO4/c1-2-11(5-8-16)10-15-12(17)9-14(13(18)19)6-3-4-7-14/h11,16H,2-10H2,1H3,(H,15,17)(H,18,19). The quantitative estimate of drug-likeness (QED) is 0.625. The van der Waals surface area contributed by atoms with Crippen LogP contribution in [0.3, 0.4) is 0 Å². The molecular weight excluding hydrogens is 246 g/mol. The maximum Gasteiger partial charge on any atom is 0.310 e. The Kier molecular flexibility index (Phi) is 6.28. The Balaban J connectivity index is 2.43. The largest absolute Gasteiger partial charge is 0.481 e. The lowest BCUT2D eigenvalue weighted by Crippen LogP contribution is -2.37. The summed E-state index contributed by atoms with van der Waals surface area (Å²) in [6.07, 6.45) is 4.63. The number of carbonyl (C=O) groups excluding carboxylic acids is 1. The van der Waals surface area contributed by atoms with Crippen LogP contribution < -0.4 is 5.32 Å². The van der Waals surface area contributed by atoms with Gasteiger partial charge in [0.25, 0.3) is 0 Å². The molecule has 0 aromatic carbocycles. The van der Waals surface area contributed by atoms with Crippen molar-refractivity contribution in [3.8, 4) is 0 Å². The van der Waals surface area contributed by atoms with Gasteiger partial charge in [0.2, 0.25) is 5.91 Å². The molecule has 1 rings (SSSR count). The highest BCUT2D eigenvalue weighted by Gasteiger charge is 2.42. The third kappa shape index (κ3) is 4.49. The first-order valence-electron chi connectivity index (χ1n) is 7.15. The van der Waals surface area contributed by atoms with Gasteiger partial charge in [0.05, 0.1) is 5.41 Å². The lowest BCUT2D eigenvalue weighted by atomic mass is 9.82. The third-order valence-corrected chi connectivity index (χ3v) is 4.22. The van der Waals surface area contributed by atoms with Crippen LogP contribution >= 0.6 is 0 Å². The fourth-order valence-electron chi connectivity index (χ4n) is 2.78. The van der Waals surface area contributed by atoms with Crippen LogP contribution in [0.2, 0.25) is 0 Å². The number of nitrogens with one attached hydrogen (secondary N) is 1. The Morgan fingerprint density at radius 2 is 1.95 bits per heavy atom. The van der Waals surface area contributed by atoms with Gasteiger partial charge in [0.15, 0.2) is 0 Å². The Morgan fingerprint density at radius 3 is 2.42 bits per heavy atom. The topological polar surface area (TPSA) is 86.6 Å². The summed E-state index contributed by atoms with van der Waals surface area (Å²) in [5.41, 5.74) is -0.844. The van der Waals surface area contributed by atoms with Gasteiger partial charge in [-0.25, -0.2) is 0 Å². The van der Waals surface area contributed by atoms with Gasteiger partial charge in [0.1, 0.15) is 0 Å². The molecule has 0 aromatic heterocycles. The van der Waals surface area contributed by atoms with E-state index in [9.17, 15) is 14.7 Å². The van der Waals surface area contributed by atoms with Gasteiger partial charge in [0, 0.05) is 19.6 Å². The zero-order chi connectivity index (χ0) is 14.3. The number of aliphatic hydroxyl groups is 1. The van der Waals surface area contributed by atoms with E-state index in [0.29, 0.717) is 25.8 Å². The molecule has 5 heteroatoms. The fraction of sp³-hybridized carbons (Fsp3) is 0.857. The molecule has 1 aliphatic rings. The molecule has 1 unspecified atom stereocenters. The van der Waals surface area contributed by atoms with Crippen LogP contribution in [0.5, 0.6) is 0 Å². The average molecular weight is 271 g/mol. The van der Waals surface area contributed by atoms with Crippen LogP contribution in [0.25, 0.3) is 0 Å². The summed E-state index contributed by atoms with van der Waals surface area (Å²) in [7, 11) is 0. The lowest BCUT2D eigenvalue weighted by molar-refractivity contribution is -0.151. The molecule has 5 nitrogen and oxygen atoms in total. The van der Waals surface area contributed by atoms with Crippen molar-refractivity contribution >= 4 is 11.9 Å². The molecule has 1 saturated carbocycles. The maximum atomic E-state index is 11.9. The zero-order valence-corrected chi connectivity index (χ0v) is 11.7. The summed E-state index contributed by atoms with van der Waals surface area (Å²) in [6, 6.07) is 0. The predicted molar refractivity (Wildman–Crippen MR) is 71.6 cm³/mol. The minimum absolute atomic E-state index is 0.0812. The summed E-state index contributed by atoms with van der Waals surface area (Å²) in [5.74, 6) is -0.762. The molecule has 0 heterocycles. The Hall–Kier alpha value is -1.10. The number of carbonyl (C=O) groups is 2.